The van der Waals surface area contributed by atoms with Crippen LogP contribution >= 0.6 is 34.7 Å². The van der Waals surface area contributed by atoms with Crippen LogP contribution in [0, 0.1) is 5.41 Å². The number of thioether (sulfide) groups is 1. The molecular weight excluding hydrogens is 879 g/mol. The Kier molecular flexibility index (Phi) is 12.2. The van der Waals surface area contributed by atoms with Crippen LogP contribution in [-0.2, 0) is 24.0 Å². The number of piperidine rings is 3. The van der Waals surface area contributed by atoms with Gasteiger partial charge in [0.2, 0.25) is 5.43 Å². The van der Waals surface area contributed by atoms with E-state index in [1.165, 1.54) is 43.3 Å². The molecule has 2 aromatic heterocycles. The smallest absolute Gasteiger partial charge is 0.546 e. The van der Waals surface area contributed by atoms with Gasteiger partial charge >= 0.3 is 29.6 Å². The number of hydrogen-bond acceptors (Lipinski definition) is 16. The molecule has 4 saturated heterocycles. The number of carboxylic acids is 2. The monoisotopic (exact) mass is 920 g/mol. The average molecular weight is 921 g/mol. The van der Waals surface area contributed by atoms with Crippen molar-refractivity contribution in [2.75, 3.05) is 38.5 Å². The van der Waals surface area contributed by atoms with Gasteiger partial charge in [-0.15, -0.1) is 23.1 Å². The van der Waals surface area contributed by atoms with Crippen molar-refractivity contribution in [2.45, 2.75) is 81.2 Å². The van der Waals surface area contributed by atoms with E-state index in [0.717, 1.165) is 29.1 Å². The molecule has 3 amide bonds. The van der Waals surface area contributed by atoms with Crippen LogP contribution in [0.5, 0.6) is 11.5 Å². The number of carbonyl (C=O) groups excluding carboxylic acids is 5. The molecule has 324 valence electrons. The number of β-lactam (4-membered cyclic amide) rings is 1. The van der Waals surface area contributed by atoms with Crippen LogP contribution in [0.15, 0.2) is 38.9 Å². The number of amides is 3. The first kappa shape index (κ1) is 45.6. The minimum absolute atomic E-state index is 0. The summed E-state index contributed by atoms with van der Waals surface area (Å²) in [5.74, 6) is -6.37. The number of nitrogen functional groups attached to an aromatic ring is 1. The molecule has 6 N–H and O–H groups in total. The molecule has 5 fully saturated rings. The molecule has 6 aliphatic rings. The van der Waals surface area contributed by atoms with Gasteiger partial charge < -0.3 is 60.3 Å². The predicted octanol–water partition coefficient (Wildman–Crippen LogP) is -3.08. The Hall–Kier alpha value is -4.38. The van der Waals surface area contributed by atoms with Gasteiger partial charge in [0.05, 0.1) is 53.2 Å². The maximum Gasteiger partial charge on any atom is 1.00 e. The SMILES string of the molecule is C[C@@H]1S[C@@H]2[C@H](NC(=O)/C(=N\OC(C)(C)C(=O)[O-])c3csc(N)n3)C(=O)N2C(C(=O)[O-])=C1C[N+]12CCC(CNC(=O)c3cn(C4CC4)c4cc(O)c(O)c(Cl)c4c3=O)(CC1)CC2.[Na+]. The third-order valence-corrected chi connectivity index (χ3v) is 15.1. The molecule has 9 rings (SSSR count). The molecule has 0 spiro atoms. The molecule has 5 aliphatic heterocycles. The number of thiazole rings is 1. The van der Waals surface area contributed by atoms with Gasteiger partial charge in [0.15, 0.2) is 27.9 Å². The number of nitrogens with two attached hydrogens (primary N) is 1. The van der Waals surface area contributed by atoms with Gasteiger partial charge in [0, 0.05) is 65.7 Å². The van der Waals surface area contributed by atoms with E-state index in [9.17, 15) is 49.2 Å². The van der Waals surface area contributed by atoms with Crippen LogP contribution in [0.4, 0.5) is 5.13 Å². The Morgan fingerprint density at radius 1 is 1.15 bits per heavy atom. The summed E-state index contributed by atoms with van der Waals surface area (Å²) in [7, 11) is 0. The van der Waals surface area contributed by atoms with Gasteiger partial charge in [0.25, 0.3) is 17.7 Å². The molecule has 19 nitrogen and oxygen atoms in total. The maximum absolute atomic E-state index is 13.7. The van der Waals surface area contributed by atoms with Gasteiger partial charge in [-0.1, -0.05) is 16.8 Å². The van der Waals surface area contributed by atoms with E-state index >= 15 is 0 Å². The van der Waals surface area contributed by atoms with E-state index in [2.05, 4.69) is 20.8 Å². The van der Waals surface area contributed by atoms with Crippen molar-refractivity contribution in [1.82, 2.24) is 25.1 Å². The maximum atomic E-state index is 13.7. The first-order valence-electron chi connectivity index (χ1n) is 19.6. The zero-order valence-electron chi connectivity index (χ0n) is 34.2. The standard InChI is InChI=1S/C39H43ClN8O11S2.Na/c1-17-20(28(35(55)56)47-33(54)27(34(47)61-17)44-32(53)26(21-15-60-37(41)43-21)45-59-38(2,3)36(57)58)14-48-9-6-39(7-10-48,8-11-48)16-42-31(52)19-13-46(18-4-5-18)22-12-23(49)30(51)25(40)24(22)29(19)50;/h12-13,15,17-18,27,34H,4-11,14,16H2,1-3H3,(H7-,41,42,43,44,45,49,50,51,52,53,55,56,57,58);/q;+1/p-1/t17-,27+,34+,39?,48?;/m0./s1. The Balaban J connectivity index is 0.00000578. The van der Waals surface area contributed by atoms with Crippen LogP contribution in [0.25, 0.3) is 10.9 Å². The number of aromatic hydroxyl groups is 2. The Morgan fingerprint density at radius 2 is 1.81 bits per heavy atom. The molecule has 1 aliphatic carbocycles. The number of aromatic nitrogens is 2. The third-order valence-electron chi connectivity index (χ3n) is 12.6. The number of phenols is 2. The summed E-state index contributed by atoms with van der Waals surface area (Å²) in [6.45, 7) is 6.88. The molecule has 3 aromatic rings. The summed E-state index contributed by atoms with van der Waals surface area (Å²) >= 11 is 8.63. The summed E-state index contributed by atoms with van der Waals surface area (Å²) < 4.78 is 2.32. The Morgan fingerprint density at radius 3 is 2.39 bits per heavy atom. The van der Waals surface area contributed by atoms with Crippen LogP contribution in [0.2, 0.25) is 5.02 Å². The van der Waals surface area contributed by atoms with E-state index in [1.807, 2.05) is 6.92 Å². The summed E-state index contributed by atoms with van der Waals surface area (Å²) in [6, 6.07) is 0.136. The second-order valence-corrected chi connectivity index (χ2v) is 19.7. The molecule has 2 bridgehead atoms. The minimum atomic E-state index is -1.92. The summed E-state index contributed by atoms with van der Waals surface area (Å²) in [5, 5.41) is 54.0. The van der Waals surface area contributed by atoms with E-state index < -0.39 is 69.3 Å². The quantitative estimate of drug-likeness (QED) is 0.0284. The van der Waals surface area contributed by atoms with Crippen molar-refractivity contribution >= 4 is 86.1 Å². The number of nitrogens with zero attached hydrogens (tertiary/aromatic N) is 5. The number of phenolic OH excluding ortho intramolecular Hbond substituents is 2. The number of quaternary nitrogens is 1. The van der Waals surface area contributed by atoms with Crippen LogP contribution in [0.3, 0.4) is 0 Å². The number of benzene rings is 1. The largest absolute Gasteiger partial charge is 1.00 e. The molecule has 1 saturated carbocycles. The molecule has 1 aromatic carbocycles. The number of oxime groups is 1. The molecular formula is C39H42ClN8NaO11S2. The number of aliphatic carboxylic acids is 2. The van der Waals surface area contributed by atoms with Crippen molar-refractivity contribution in [2.24, 2.45) is 10.6 Å². The van der Waals surface area contributed by atoms with Gasteiger partial charge in [-0.25, -0.2) is 4.98 Å². The zero-order chi connectivity index (χ0) is 43.9. The van der Waals surface area contributed by atoms with Gasteiger partial charge in [-0.3, -0.25) is 24.1 Å². The van der Waals surface area contributed by atoms with Gasteiger partial charge in [0.1, 0.15) is 29.2 Å². The molecule has 3 atom stereocenters. The second-order valence-electron chi connectivity index (χ2n) is 17.0. The fourth-order valence-corrected chi connectivity index (χ4v) is 10.9. The predicted molar refractivity (Wildman–Crippen MR) is 218 cm³/mol. The second kappa shape index (κ2) is 16.6. The molecule has 62 heavy (non-hydrogen) atoms. The Bertz CT molecular complexity index is 2530. The van der Waals surface area contributed by atoms with E-state index in [0.29, 0.717) is 67.6 Å². The zero-order valence-corrected chi connectivity index (χ0v) is 38.6. The fraction of sp³-hybridized carbons (Fsp3) is 0.487. The summed E-state index contributed by atoms with van der Waals surface area (Å²) in [4.78, 5) is 89.1. The van der Waals surface area contributed by atoms with Gasteiger partial charge in [-0.05, 0) is 33.6 Å². The van der Waals surface area contributed by atoms with Crippen molar-refractivity contribution in [3.63, 3.8) is 0 Å². The first-order valence-corrected chi connectivity index (χ1v) is 21.8. The molecule has 0 unspecified atom stereocenters. The Labute approximate surface area is 389 Å². The van der Waals surface area contributed by atoms with Crippen LogP contribution < -0.4 is 61.6 Å². The topological polar surface area (TPSA) is 282 Å². The number of halogens is 1. The number of carboxylic acid groups (broad SMARTS) is 2. The number of pyridine rings is 1. The summed E-state index contributed by atoms with van der Waals surface area (Å²) in [5.41, 5.74) is 2.98. The number of nitrogens with one attached hydrogen (secondary N) is 2. The summed E-state index contributed by atoms with van der Waals surface area (Å²) in [6.07, 6.45) is 5.27. The normalized spacial score (nSPS) is 25.7. The minimum Gasteiger partial charge on any atom is -0.546 e. The van der Waals surface area contributed by atoms with Crippen molar-refractivity contribution in [3.8, 4) is 11.5 Å². The number of carbonyl (C=O) groups is 5. The van der Waals surface area contributed by atoms with E-state index in [1.54, 1.807) is 4.57 Å². The average Bonchev–Trinajstić information content (AvgIpc) is 3.98. The molecule has 7 heterocycles. The van der Waals surface area contributed by atoms with Crippen LogP contribution in [0.1, 0.15) is 75.0 Å². The first-order chi connectivity index (χ1) is 28.7. The van der Waals surface area contributed by atoms with E-state index in [-0.39, 0.29) is 78.8 Å². The molecule has 0 radical (unpaired) electrons. The number of fused-ring (bicyclic) bond motifs is 5. The van der Waals surface area contributed by atoms with Crippen molar-refractivity contribution in [1.29, 1.82) is 0 Å². The fourth-order valence-electron chi connectivity index (χ4n) is 8.66. The number of hydrogen-bond donors (Lipinski definition) is 5. The van der Waals surface area contributed by atoms with Crippen molar-refractivity contribution in [3.05, 3.63) is 55.4 Å². The third kappa shape index (κ3) is 8.04. The van der Waals surface area contributed by atoms with Crippen LogP contribution in [-0.4, -0.2) is 120 Å². The number of rotatable bonds is 13. The van der Waals surface area contributed by atoms with E-state index in [4.69, 9.17) is 22.2 Å². The van der Waals surface area contributed by atoms with Crippen molar-refractivity contribution < 1.29 is 83.3 Å². The van der Waals surface area contributed by atoms with Gasteiger partial charge in [-0.2, -0.15) is 0 Å². The molecule has 23 heteroatoms. The number of anilines is 1.